The molecule has 14 heavy (non-hydrogen) atoms. The summed E-state index contributed by atoms with van der Waals surface area (Å²) >= 11 is 0. The lowest BCUT2D eigenvalue weighted by atomic mass is 9.93. The third-order valence-electron chi connectivity index (χ3n) is 2.62. The molecule has 0 aromatic carbocycles. The first kappa shape index (κ1) is 13.0. The summed E-state index contributed by atoms with van der Waals surface area (Å²) in [7, 11) is 1.78. The van der Waals surface area contributed by atoms with Gasteiger partial charge in [-0.15, -0.1) is 0 Å². The van der Waals surface area contributed by atoms with Crippen molar-refractivity contribution in [1.82, 2.24) is 4.90 Å². The Morgan fingerprint density at radius 1 is 1.43 bits per heavy atom. The summed E-state index contributed by atoms with van der Waals surface area (Å²) in [5.74, 6) is -0.0892. The lowest BCUT2D eigenvalue weighted by molar-refractivity contribution is -0.138. The van der Waals surface area contributed by atoms with Gasteiger partial charge >= 0.3 is 0 Å². The Hall–Kier alpha value is -1.04. The lowest BCUT2D eigenvalue weighted by Gasteiger charge is -2.30. The molecule has 3 nitrogen and oxygen atoms in total. The number of amides is 1. The smallest absolute Gasteiger partial charge is 0.242 e. The Bertz CT molecular complexity index is 236. The zero-order chi connectivity index (χ0) is 11.4. The first-order valence-corrected chi connectivity index (χ1v) is 5.09. The molecule has 0 aliphatic rings. The van der Waals surface area contributed by atoms with Crippen molar-refractivity contribution in [3.8, 4) is 6.07 Å². The van der Waals surface area contributed by atoms with E-state index in [0.29, 0.717) is 0 Å². The number of hydrogen-bond donors (Lipinski definition) is 0. The zero-order valence-corrected chi connectivity index (χ0v) is 9.79. The molecule has 0 spiro atoms. The minimum atomic E-state index is -0.905. The Balaban J connectivity index is 4.63. The van der Waals surface area contributed by atoms with E-state index in [1.807, 2.05) is 6.07 Å². The minimum absolute atomic E-state index is 0.0892. The maximum Gasteiger partial charge on any atom is 0.242 e. The van der Waals surface area contributed by atoms with Crippen LogP contribution in [0.4, 0.5) is 0 Å². The molecule has 3 heteroatoms. The molecule has 80 valence electrons. The molecule has 0 aliphatic heterocycles. The zero-order valence-electron chi connectivity index (χ0n) is 9.79. The molecule has 0 atom stereocenters. The van der Waals surface area contributed by atoms with Gasteiger partial charge in [0.05, 0.1) is 6.07 Å². The van der Waals surface area contributed by atoms with Crippen LogP contribution in [-0.4, -0.2) is 23.9 Å². The van der Waals surface area contributed by atoms with Gasteiger partial charge in [-0.1, -0.05) is 13.8 Å². The third kappa shape index (κ3) is 2.73. The van der Waals surface area contributed by atoms with E-state index in [1.165, 1.54) is 0 Å². The molecule has 0 bridgehead atoms. The van der Waals surface area contributed by atoms with Gasteiger partial charge in [0.1, 0.15) is 5.41 Å². The summed E-state index contributed by atoms with van der Waals surface area (Å²) < 4.78 is 0. The predicted molar refractivity (Wildman–Crippen MR) is 56.5 cm³/mol. The fraction of sp³-hybridized carbons (Fsp3) is 0.818. The summed E-state index contributed by atoms with van der Waals surface area (Å²) in [4.78, 5) is 13.6. The van der Waals surface area contributed by atoms with E-state index in [-0.39, 0.29) is 11.9 Å². The SMILES string of the molecule is CCC(CC)N(C)C(=O)C(C)(C)C#N. The second-order valence-corrected chi connectivity index (χ2v) is 4.12. The molecule has 1 amide bonds. The maximum atomic E-state index is 11.9. The van der Waals surface area contributed by atoms with Crippen LogP contribution in [0, 0.1) is 16.7 Å². The van der Waals surface area contributed by atoms with Crippen molar-refractivity contribution in [3.63, 3.8) is 0 Å². The van der Waals surface area contributed by atoms with Crippen LogP contribution in [0.3, 0.4) is 0 Å². The summed E-state index contributed by atoms with van der Waals surface area (Å²) in [6.45, 7) is 7.43. The van der Waals surface area contributed by atoms with Gasteiger partial charge in [0.25, 0.3) is 0 Å². The second-order valence-electron chi connectivity index (χ2n) is 4.12. The van der Waals surface area contributed by atoms with E-state index in [4.69, 9.17) is 5.26 Å². The molecule has 0 heterocycles. The number of rotatable bonds is 4. The summed E-state index contributed by atoms with van der Waals surface area (Å²) in [5.41, 5.74) is -0.905. The van der Waals surface area contributed by atoms with Crippen LogP contribution in [0.25, 0.3) is 0 Å². The molecule has 0 rings (SSSR count). The summed E-state index contributed by atoms with van der Waals surface area (Å²) in [5, 5.41) is 8.84. The largest absolute Gasteiger partial charge is 0.341 e. The van der Waals surface area contributed by atoms with E-state index in [0.717, 1.165) is 12.8 Å². The molecule has 0 radical (unpaired) electrons. The van der Waals surface area contributed by atoms with Gasteiger partial charge in [-0.25, -0.2) is 0 Å². The van der Waals surface area contributed by atoms with Gasteiger partial charge in [-0.2, -0.15) is 5.26 Å². The molecule has 0 saturated carbocycles. The molecule has 0 aromatic rings. The Morgan fingerprint density at radius 3 is 2.14 bits per heavy atom. The number of nitriles is 1. The van der Waals surface area contributed by atoms with Gasteiger partial charge in [-0.05, 0) is 26.7 Å². The Labute approximate surface area is 86.7 Å². The van der Waals surface area contributed by atoms with Crippen molar-refractivity contribution >= 4 is 5.91 Å². The fourth-order valence-electron chi connectivity index (χ4n) is 1.49. The van der Waals surface area contributed by atoms with Crippen molar-refractivity contribution in [1.29, 1.82) is 5.26 Å². The van der Waals surface area contributed by atoms with Crippen molar-refractivity contribution in [2.24, 2.45) is 5.41 Å². The number of nitrogens with zero attached hydrogens (tertiary/aromatic N) is 2. The molecular formula is C11H20N2O. The highest BCUT2D eigenvalue weighted by Crippen LogP contribution is 2.19. The Kier molecular flexibility index (Phi) is 4.62. The van der Waals surface area contributed by atoms with Gasteiger partial charge in [0.2, 0.25) is 5.91 Å². The highest BCUT2D eigenvalue weighted by molar-refractivity contribution is 5.84. The van der Waals surface area contributed by atoms with Crippen molar-refractivity contribution < 1.29 is 4.79 Å². The van der Waals surface area contributed by atoms with E-state index >= 15 is 0 Å². The minimum Gasteiger partial charge on any atom is -0.341 e. The average molecular weight is 196 g/mol. The highest BCUT2D eigenvalue weighted by atomic mass is 16.2. The van der Waals surface area contributed by atoms with Crippen LogP contribution in [-0.2, 0) is 4.79 Å². The van der Waals surface area contributed by atoms with Gasteiger partial charge < -0.3 is 4.90 Å². The monoisotopic (exact) mass is 196 g/mol. The molecular weight excluding hydrogens is 176 g/mol. The van der Waals surface area contributed by atoms with Gasteiger partial charge in [-0.3, -0.25) is 4.79 Å². The highest BCUT2D eigenvalue weighted by Gasteiger charge is 2.32. The van der Waals surface area contributed by atoms with E-state index < -0.39 is 5.41 Å². The van der Waals surface area contributed by atoms with Crippen molar-refractivity contribution in [2.75, 3.05) is 7.05 Å². The average Bonchev–Trinajstić information content (AvgIpc) is 2.18. The van der Waals surface area contributed by atoms with Crippen LogP contribution in [0.15, 0.2) is 0 Å². The number of carbonyl (C=O) groups is 1. The lowest BCUT2D eigenvalue weighted by Crippen LogP contribution is -2.43. The summed E-state index contributed by atoms with van der Waals surface area (Å²) in [6, 6.07) is 2.28. The van der Waals surface area contributed by atoms with Crippen LogP contribution in [0.5, 0.6) is 0 Å². The number of carbonyl (C=O) groups excluding carboxylic acids is 1. The quantitative estimate of drug-likeness (QED) is 0.691. The topological polar surface area (TPSA) is 44.1 Å². The molecule has 0 fully saturated rings. The first-order valence-electron chi connectivity index (χ1n) is 5.09. The molecule has 0 aromatic heterocycles. The van der Waals surface area contributed by atoms with Crippen LogP contribution < -0.4 is 0 Å². The van der Waals surface area contributed by atoms with Crippen molar-refractivity contribution in [3.05, 3.63) is 0 Å². The fourth-order valence-corrected chi connectivity index (χ4v) is 1.49. The molecule has 0 saturated heterocycles. The first-order chi connectivity index (χ1) is 6.40. The van der Waals surface area contributed by atoms with E-state index in [9.17, 15) is 4.79 Å². The van der Waals surface area contributed by atoms with Crippen LogP contribution >= 0.6 is 0 Å². The maximum absolute atomic E-state index is 11.9. The summed E-state index contributed by atoms with van der Waals surface area (Å²) in [6.07, 6.45) is 1.86. The number of hydrogen-bond acceptors (Lipinski definition) is 2. The van der Waals surface area contributed by atoms with Crippen LogP contribution in [0.2, 0.25) is 0 Å². The standard InChI is InChI=1S/C11H20N2O/c1-6-9(7-2)13(5)10(14)11(3,4)8-12/h9H,6-7H2,1-5H3. The molecule has 0 aliphatic carbocycles. The molecule has 0 unspecified atom stereocenters. The van der Waals surface area contributed by atoms with E-state index in [1.54, 1.807) is 25.8 Å². The van der Waals surface area contributed by atoms with Crippen molar-refractivity contribution in [2.45, 2.75) is 46.6 Å². The van der Waals surface area contributed by atoms with Crippen LogP contribution in [0.1, 0.15) is 40.5 Å². The van der Waals surface area contributed by atoms with Gasteiger partial charge in [0.15, 0.2) is 0 Å². The Morgan fingerprint density at radius 2 is 1.86 bits per heavy atom. The second kappa shape index (κ2) is 4.99. The van der Waals surface area contributed by atoms with E-state index in [2.05, 4.69) is 13.8 Å². The predicted octanol–water partition coefficient (Wildman–Crippen LogP) is 2.18. The normalized spacial score (nSPS) is 11.2. The van der Waals surface area contributed by atoms with Gasteiger partial charge in [0, 0.05) is 13.1 Å². The third-order valence-corrected chi connectivity index (χ3v) is 2.62. The molecule has 0 N–H and O–H groups in total.